The molecule has 1 aromatic carbocycles. The van der Waals surface area contributed by atoms with E-state index in [2.05, 4.69) is 22.1 Å². The van der Waals surface area contributed by atoms with E-state index in [-0.39, 0.29) is 18.9 Å². The molecule has 22 heavy (non-hydrogen) atoms. The van der Waals surface area contributed by atoms with Gasteiger partial charge in [-0.3, -0.25) is 0 Å². The van der Waals surface area contributed by atoms with Crippen LogP contribution in [0, 0.1) is 18.8 Å². The lowest BCUT2D eigenvalue weighted by atomic mass is 10.2. The molecule has 0 unspecified atom stereocenters. The zero-order valence-corrected chi connectivity index (χ0v) is 12.2. The lowest BCUT2D eigenvalue weighted by Gasteiger charge is -2.04. The first-order chi connectivity index (χ1) is 10.6. The molecule has 2 N–H and O–H groups in total. The fourth-order valence-corrected chi connectivity index (χ4v) is 1.66. The molecular weight excluding hydrogens is 280 g/mol. The highest BCUT2D eigenvalue weighted by Gasteiger charge is 2.01. The molecular formula is C17H16N2O3. The highest BCUT2D eigenvalue weighted by atomic mass is 16.5. The maximum Gasteiger partial charge on any atom is 0.408 e. The van der Waals surface area contributed by atoms with Crippen LogP contribution in [0.25, 0.3) is 0 Å². The average molecular weight is 296 g/mol. The molecule has 1 amide bonds. The first kappa shape index (κ1) is 15.4. The first-order valence-electron chi connectivity index (χ1n) is 6.75. The van der Waals surface area contributed by atoms with Crippen molar-refractivity contribution in [2.45, 2.75) is 13.5 Å². The highest BCUT2D eigenvalue weighted by molar-refractivity contribution is 5.67. The van der Waals surface area contributed by atoms with Crippen molar-refractivity contribution in [3.05, 3.63) is 59.4 Å². The Bertz CT molecular complexity index is 703. The Balaban J connectivity index is 1.78. The summed E-state index contributed by atoms with van der Waals surface area (Å²) in [4.78, 5) is 15.6. The monoisotopic (exact) mass is 296 g/mol. The molecule has 2 rings (SSSR count). The largest absolute Gasteiger partial charge is 0.505 e. The van der Waals surface area contributed by atoms with Crippen LogP contribution in [0.15, 0.2) is 42.5 Å². The Morgan fingerprint density at radius 3 is 2.82 bits per heavy atom. The molecule has 0 bridgehead atoms. The van der Waals surface area contributed by atoms with Gasteiger partial charge in [0, 0.05) is 5.69 Å². The minimum absolute atomic E-state index is 0.0183. The Labute approximate surface area is 129 Å². The Morgan fingerprint density at radius 1 is 1.27 bits per heavy atom. The number of nitrogens with zero attached hydrogens (tertiary/aromatic N) is 1. The molecule has 0 radical (unpaired) electrons. The topological polar surface area (TPSA) is 71.5 Å². The van der Waals surface area contributed by atoms with Gasteiger partial charge in [0.1, 0.15) is 12.4 Å². The van der Waals surface area contributed by atoms with Gasteiger partial charge in [0.05, 0.1) is 6.54 Å². The number of nitrogens with one attached hydrogen (secondary N) is 1. The van der Waals surface area contributed by atoms with Gasteiger partial charge in [0.2, 0.25) is 0 Å². The molecule has 112 valence electrons. The number of aryl methyl sites for hydroxylation is 1. The Kier molecular flexibility index (Phi) is 5.38. The zero-order valence-electron chi connectivity index (χ0n) is 12.2. The predicted octanol–water partition coefficient (Wildman–Crippen LogP) is 2.37. The SMILES string of the molecule is Cc1ccc(O)c(C#CCNC(=O)OCc2ccccc2)n1. The number of pyridine rings is 1. The van der Waals surface area contributed by atoms with Crippen LogP contribution in [-0.4, -0.2) is 22.7 Å². The van der Waals surface area contributed by atoms with Crippen LogP contribution >= 0.6 is 0 Å². The quantitative estimate of drug-likeness (QED) is 0.853. The number of alkyl carbamates (subject to hydrolysis) is 1. The molecule has 0 aliphatic rings. The lowest BCUT2D eigenvalue weighted by Crippen LogP contribution is -2.24. The van der Waals surface area contributed by atoms with E-state index in [0.29, 0.717) is 5.69 Å². The fraction of sp³-hybridized carbons (Fsp3) is 0.176. The third-order valence-corrected chi connectivity index (χ3v) is 2.75. The van der Waals surface area contributed by atoms with Crippen molar-refractivity contribution in [1.82, 2.24) is 10.3 Å². The fourth-order valence-electron chi connectivity index (χ4n) is 1.66. The molecule has 5 nitrogen and oxygen atoms in total. The van der Waals surface area contributed by atoms with E-state index in [1.807, 2.05) is 37.3 Å². The van der Waals surface area contributed by atoms with Crippen molar-refractivity contribution in [2.75, 3.05) is 6.54 Å². The van der Waals surface area contributed by atoms with Gasteiger partial charge in [-0.15, -0.1) is 0 Å². The summed E-state index contributed by atoms with van der Waals surface area (Å²) in [6.07, 6.45) is -0.542. The molecule has 2 aromatic rings. The summed E-state index contributed by atoms with van der Waals surface area (Å²) in [5.74, 6) is 5.43. The summed E-state index contributed by atoms with van der Waals surface area (Å²) < 4.78 is 5.04. The molecule has 5 heteroatoms. The predicted molar refractivity (Wildman–Crippen MR) is 82.1 cm³/mol. The van der Waals surface area contributed by atoms with Crippen molar-refractivity contribution >= 4 is 6.09 Å². The number of benzene rings is 1. The molecule has 1 heterocycles. The van der Waals surface area contributed by atoms with Crippen molar-refractivity contribution in [3.8, 4) is 17.6 Å². The number of hydrogen-bond donors (Lipinski definition) is 2. The summed E-state index contributed by atoms with van der Waals surface area (Å²) in [7, 11) is 0. The first-order valence-corrected chi connectivity index (χ1v) is 6.75. The lowest BCUT2D eigenvalue weighted by molar-refractivity contribution is 0.141. The molecule has 1 aromatic heterocycles. The van der Waals surface area contributed by atoms with Gasteiger partial charge in [0.25, 0.3) is 0 Å². The number of carbonyl (C=O) groups is 1. The van der Waals surface area contributed by atoms with Crippen LogP contribution in [0.2, 0.25) is 0 Å². The summed E-state index contributed by atoms with van der Waals surface area (Å²) in [5.41, 5.74) is 1.97. The number of amides is 1. The van der Waals surface area contributed by atoms with Gasteiger partial charge in [0.15, 0.2) is 5.69 Å². The molecule has 0 fully saturated rings. The Hall–Kier alpha value is -3.00. The van der Waals surface area contributed by atoms with Gasteiger partial charge in [-0.2, -0.15) is 0 Å². The van der Waals surface area contributed by atoms with Gasteiger partial charge < -0.3 is 15.2 Å². The summed E-state index contributed by atoms with van der Waals surface area (Å²) in [5, 5.41) is 12.1. The molecule has 0 atom stereocenters. The standard InChI is InChI=1S/C17H16N2O3/c1-13-9-10-16(20)15(19-13)8-5-11-18-17(21)22-12-14-6-3-2-4-7-14/h2-4,6-7,9-10,20H,11-12H2,1H3,(H,18,21). The second-order valence-electron chi connectivity index (χ2n) is 4.54. The molecule has 0 aliphatic carbocycles. The average Bonchev–Trinajstić information content (AvgIpc) is 2.53. The van der Waals surface area contributed by atoms with E-state index in [0.717, 1.165) is 11.3 Å². The minimum atomic E-state index is -0.542. The molecule has 0 saturated carbocycles. The maximum absolute atomic E-state index is 11.5. The molecule has 0 aliphatic heterocycles. The number of aromatic nitrogens is 1. The van der Waals surface area contributed by atoms with Crippen LogP contribution in [-0.2, 0) is 11.3 Å². The smallest absolute Gasteiger partial charge is 0.408 e. The number of aromatic hydroxyl groups is 1. The third kappa shape index (κ3) is 4.84. The van der Waals surface area contributed by atoms with Gasteiger partial charge >= 0.3 is 6.09 Å². The summed E-state index contributed by atoms with van der Waals surface area (Å²) >= 11 is 0. The van der Waals surface area contributed by atoms with E-state index in [1.54, 1.807) is 6.07 Å². The summed E-state index contributed by atoms with van der Waals surface area (Å²) in [6, 6.07) is 12.6. The second-order valence-corrected chi connectivity index (χ2v) is 4.54. The van der Waals surface area contributed by atoms with Gasteiger partial charge in [-0.25, -0.2) is 9.78 Å². The van der Waals surface area contributed by atoms with E-state index < -0.39 is 6.09 Å². The van der Waals surface area contributed by atoms with Crippen molar-refractivity contribution < 1.29 is 14.6 Å². The van der Waals surface area contributed by atoms with E-state index in [1.165, 1.54) is 6.07 Å². The van der Waals surface area contributed by atoms with Crippen molar-refractivity contribution in [3.63, 3.8) is 0 Å². The van der Waals surface area contributed by atoms with Crippen LogP contribution in [0.3, 0.4) is 0 Å². The Morgan fingerprint density at radius 2 is 2.05 bits per heavy atom. The van der Waals surface area contributed by atoms with E-state index in [9.17, 15) is 9.90 Å². The van der Waals surface area contributed by atoms with Gasteiger partial charge in [-0.1, -0.05) is 36.3 Å². The number of carbonyl (C=O) groups excluding carboxylic acids is 1. The zero-order chi connectivity index (χ0) is 15.8. The number of rotatable bonds is 3. The van der Waals surface area contributed by atoms with E-state index in [4.69, 9.17) is 4.74 Å². The minimum Gasteiger partial charge on any atom is -0.505 e. The van der Waals surface area contributed by atoms with Crippen LogP contribution < -0.4 is 5.32 Å². The third-order valence-electron chi connectivity index (χ3n) is 2.75. The van der Waals surface area contributed by atoms with Crippen molar-refractivity contribution in [2.24, 2.45) is 0 Å². The van der Waals surface area contributed by atoms with Gasteiger partial charge in [-0.05, 0) is 30.5 Å². The number of ether oxygens (including phenoxy) is 1. The number of hydrogen-bond acceptors (Lipinski definition) is 4. The normalized spacial score (nSPS) is 9.50. The maximum atomic E-state index is 11.5. The van der Waals surface area contributed by atoms with Crippen LogP contribution in [0.4, 0.5) is 4.79 Å². The van der Waals surface area contributed by atoms with Crippen molar-refractivity contribution in [1.29, 1.82) is 0 Å². The summed E-state index contributed by atoms with van der Waals surface area (Å²) in [6.45, 7) is 2.13. The molecule has 0 spiro atoms. The molecule has 0 saturated heterocycles. The highest BCUT2D eigenvalue weighted by Crippen LogP contribution is 2.12. The van der Waals surface area contributed by atoms with Crippen LogP contribution in [0.1, 0.15) is 17.0 Å². The van der Waals surface area contributed by atoms with Crippen LogP contribution in [0.5, 0.6) is 5.75 Å². The second kappa shape index (κ2) is 7.70. The van der Waals surface area contributed by atoms with E-state index >= 15 is 0 Å².